The predicted molar refractivity (Wildman–Crippen MR) is 146 cm³/mol. The zero-order valence-electron chi connectivity index (χ0n) is 22.5. The number of anilines is 1. The summed E-state index contributed by atoms with van der Waals surface area (Å²) in [4.78, 5) is 38.9. The van der Waals surface area contributed by atoms with Crippen LogP contribution in [0.1, 0.15) is 44.2 Å². The van der Waals surface area contributed by atoms with Crippen molar-refractivity contribution < 1.29 is 27.7 Å². The quantitative estimate of drug-likeness (QED) is 0.217. The van der Waals surface area contributed by atoms with Gasteiger partial charge in [0.1, 0.15) is 24.0 Å². The maximum Gasteiger partial charge on any atom is 0.271 e. The molecule has 0 spiro atoms. The fourth-order valence-electron chi connectivity index (χ4n) is 4.01. The topological polar surface area (TPSA) is 139 Å². The van der Waals surface area contributed by atoms with Crippen LogP contribution in [-0.4, -0.2) is 62.6 Å². The maximum atomic E-state index is 13.8. The molecule has 0 aliphatic carbocycles. The van der Waals surface area contributed by atoms with E-state index in [0.29, 0.717) is 13.0 Å². The molecule has 2 aromatic rings. The van der Waals surface area contributed by atoms with Crippen LogP contribution in [0.5, 0.6) is 5.75 Å². The summed E-state index contributed by atoms with van der Waals surface area (Å²) in [6.45, 7) is 5.53. The Labute approximate surface area is 224 Å². The first-order chi connectivity index (χ1) is 17.9. The second-order valence-electron chi connectivity index (χ2n) is 8.96. The van der Waals surface area contributed by atoms with Crippen LogP contribution in [-0.2, 0) is 26.2 Å². The molecule has 0 fully saturated rings. The Morgan fingerprint density at radius 3 is 2.42 bits per heavy atom. The highest BCUT2D eigenvalue weighted by Crippen LogP contribution is 2.34. The number of ether oxygens (including phenoxy) is 1. The van der Waals surface area contributed by atoms with Crippen molar-refractivity contribution in [2.75, 3.05) is 30.8 Å². The number of hydrogen-bond donors (Lipinski definition) is 1. The Bertz CT molecular complexity index is 1250. The number of unbranched alkanes of at least 4 members (excludes halogenated alkanes) is 1. The number of nitrogens with one attached hydrogen (secondary N) is 1. The number of nitro groups is 1. The molecular weight excluding hydrogens is 512 g/mol. The van der Waals surface area contributed by atoms with Crippen LogP contribution in [0.4, 0.5) is 11.4 Å². The van der Waals surface area contributed by atoms with Crippen molar-refractivity contribution in [3.8, 4) is 5.75 Å². The van der Waals surface area contributed by atoms with E-state index in [-0.39, 0.29) is 29.6 Å². The molecule has 0 aliphatic heterocycles. The van der Waals surface area contributed by atoms with Gasteiger partial charge >= 0.3 is 0 Å². The number of carbonyl (C=O) groups is 2. The minimum atomic E-state index is -4.09. The van der Waals surface area contributed by atoms with E-state index in [4.69, 9.17) is 4.74 Å². The number of hydrogen-bond acceptors (Lipinski definition) is 7. The maximum absolute atomic E-state index is 13.8. The molecule has 208 valence electrons. The number of nitro benzene ring substituents is 1. The average molecular weight is 549 g/mol. The monoisotopic (exact) mass is 548 g/mol. The van der Waals surface area contributed by atoms with E-state index >= 15 is 0 Å². The smallest absolute Gasteiger partial charge is 0.271 e. The molecule has 0 bridgehead atoms. The number of amides is 2. The van der Waals surface area contributed by atoms with E-state index in [1.165, 1.54) is 24.1 Å². The molecule has 12 heteroatoms. The van der Waals surface area contributed by atoms with Gasteiger partial charge in [-0.05, 0) is 31.4 Å². The average Bonchev–Trinajstić information content (AvgIpc) is 2.86. The summed E-state index contributed by atoms with van der Waals surface area (Å²) < 4.78 is 31.7. The summed E-state index contributed by atoms with van der Waals surface area (Å²) in [5.41, 5.74) is 1.24. The van der Waals surface area contributed by atoms with Crippen molar-refractivity contribution in [2.45, 2.75) is 52.6 Å². The third kappa shape index (κ3) is 8.17. The van der Waals surface area contributed by atoms with Crippen molar-refractivity contribution in [1.29, 1.82) is 0 Å². The minimum absolute atomic E-state index is 0.0448. The van der Waals surface area contributed by atoms with Gasteiger partial charge in [-0.1, -0.05) is 50.1 Å². The highest BCUT2D eigenvalue weighted by atomic mass is 32.2. The normalized spacial score (nSPS) is 11.9. The number of aryl methyl sites for hydroxylation is 1. The molecule has 1 atom stereocenters. The lowest BCUT2D eigenvalue weighted by Gasteiger charge is -2.33. The molecule has 0 heterocycles. The van der Waals surface area contributed by atoms with Gasteiger partial charge in [0.25, 0.3) is 5.69 Å². The molecule has 11 nitrogen and oxygen atoms in total. The minimum Gasteiger partial charge on any atom is -0.495 e. The van der Waals surface area contributed by atoms with Crippen LogP contribution in [0.15, 0.2) is 42.5 Å². The Kier molecular flexibility index (Phi) is 11.1. The summed E-state index contributed by atoms with van der Waals surface area (Å²) in [6, 6.07) is 10.1. The Morgan fingerprint density at radius 1 is 1.16 bits per heavy atom. The van der Waals surface area contributed by atoms with E-state index in [1.54, 1.807) is 6.92 Å². The number of carbonyl (C=O) groups excluding carboxylic acids is 2. The SMILES string of the molecule is CCCCNC(=O)[C@@H](CC)N(Cc1cccc(C)c1)C(=O)CN(c1cc([N+](=O)[O-])ccc1OC)S(C)(=O)=O. The highest BCUT2D eigenvalue weighted by molar-refractivity contribution is 7.92. The van der Waals surface area contributed by atoms with E-state index < -0.39 is 33.4 Å². The molecule has 0 aromatic heterocycles. The molecular formula is C26H36N4O7S. The van der Waals surface area contributed by atoms with Crippen LogP contribution in [0.2, 0.25) is 0 Å². The molecule has 0 saturated heterocycles. The van der Waals surface area contributed by atoms with Gasteiger partial charge in [-0.25, -0.2) is 8.42 Å². The van der Waals surface area contributed by atoms with Gasteiger partial charge in [0.05, 0.1) is 18.3 Å². The number of rotatable bonds is 14. The van der Waals surface area contributed by atoms with Gasteiger partial charge in [0, 0.05) is 25.2 Å². The fraction of sp³-hybridized carbons (Fsp3) is 0.462. The van der Waals surface area contributed by atoms with Crippen LogP contribution >= 0.6 is 0 Å². The number of nitrogens with zero attached hydrogens (tertiary/aromatic N) is 3. The number of methoxy groups -OCH3 is 1. The van der Waals surface area contributed by atoms with E-state index in [2.05, 4.69) is 5.32 Å². The fourth-order valence-corrected chi connectivity index (χ4v) is 4.86. The number of sulfonamides is 1. The van der Waals surface area contributed by atoms with E-state index in [0.717, 1.165) is 40.6 Å². The van der Waals surface area contributed by atoms with Crippen LogP contribution in [0, 0.1) is 17.0 Å². The summed E-state index contributed by atoms with van der Waals surface area (Å²) in [5, 5.41) is 14.2. The first-order valence-electron chi connectivity index (χ1n) is 12.4. The van der Waals surface area contributed by atoms with Gasteiger partial charge in [0.2, 0.25) is 21.8 Å². The lowest BCUT2D eigenvalue weighted by molar-refractivity contribution is -0.384. The summed E-state index contributed by atoms with van der Waals surface area (Å²) in [7, 11) is -2.79. The number of benzene rings is 2. The van der Waals surface area contributed by atoms with Gasteiger partial charge in [0.15, 0.2) is 0 Å². The molecule has 0 saturated carbocycles. The largest absolute Gasteiger partial charge is 0.495 e. The van der Waals surface area contributed by atoms with E-state index in [1.807, 2.05) is 38.1 Å². The third-order valence-corrected chi connectivity index (χ3v) is 7.10. The summed E-state index contributed by atoms with van der Waals surface area (Å²) in [5.74, 6) is -0.924. The number of non-ortho nitro benzene ring substituents is 1. The molecule has 1 N–H and O–H groups in total. The molecule has 2 aromatic carbocycles. The first kappa shape index (κ1) is 30.6. The molecule has 0 unspecified atom stereocenters. The van der Waals surface area contributed by atoms with Gasteiger partial charge in [-0.15, -0.1) is 0 Å². The van der Waals surface area contributed by atoms with Crippen LogP contribution < -0.4 is 14.4 Å². The van der Waals surface area contributed by atoms with Crippen molar-refractivity contribution in [2.24, 2.45) is 0 Å². The van der Waals surface area contributed by atoms with Crippen molar-refractivity contribution in [3.05, 3.63) is 63.7 Å². The lowest BCUT2D eigenvalue weighted by atomic mass is 10.1. The third-order valence-electron chi connectivity index (χ3n) is 5.97. The zero-order chi connectivity index (χ0) is 28.5. The van der Waals surface area contributed by atoms with Gasteiger partial charge in [-0.2, -0.15) is 0 Å². The highest BCUT2D eigenvalue weighted by Gasteiger charge is 2.33. The molecule has 0 aliphatic rings. The predicted octanol–water partition coefficient (Wildman–Crippen LogP) is 3.40. The lowest BCUT2D eigenvalue weighted by Crippen LogP contribution is -2.52. The van der Waals surface area contributed by atoms with E-state index in [9.17, 15) is 28.1 Å². The Balaban J connectivity index is 2.53. The standard InChI is InChI=1S/C26H36N4O7S/c1-6-8-14-27-26(32)22(7-2)28(17-20-11-9-10-19(3)15-20)25(31)18-29(38(5,35)36)23-16-21(30(33)34)12-13-24(23)37-4/h9-13,15-16,22H,6-8,14,17-18H2,1-5H3,(H,27,32)/t22-/m1/s1. The Morgan fingerprint density at radius 2 is 1.87 bits per heavy atom. The van der Waals surface area contributed by atoms with Crippen molar-refractivity contribution in [1.82, 2.24) is 10.2 Å². The van der Waals surface area contributed by atoms with Crippen molar-refractivity contribution in [3.63, 3.8) is 0 Å². The molecule has 2 amide bonds. The second-order valence-corrected chi connectivity index (χ2v) is 10.9. The Hall–Kier alpha value is -3.67. The first-order valence-corrected chi connectivity index (χ1v) is 14.2. The summed E-state index contributed by atoms with van der Waals surface area (Å²) >= 11 is 0. The van der Waals surface area contributed by atoms with Crippen LogP contribution in [0.3, 0.4) is 0 Å². The second kappa shape index (κ2) is 13.8. The zero-order valence-corrected chi connectivity index (χ0v) is 23.3. The molecule has 0 radical (unpaired) electrons. The van der Waals surface area contributed by atoms with Gasteiger partial charge in [-0.3, -0.25) is 24.0 Å². The molecule has 2 rings (SSSR count). The van der Waals surface area contributed by atoms with Crippen molar-refractivity contribution >= 4 is 33.2 Å². The molecule has 38 heavy (non-hydrogen) atoms. The van der Waals surface area contributed by atoms with Crippen LogP contribution in [0.25, 0.3) is 0 Å². The van der Waals surface area contributed by atoms with Gasteiger partial charge < -0.3 is 15.0 Å². The summed E-state index contributed by atoms with van der Waals surface area (Å²) in [6.07, 6.45) is 2.87.